The van der Waals surface area contributed by atoms with Gasteiger partial charge in [0.1, 0.15) is 0 Å². The first-order chi connectivity index (χ1) is 10.3. The number of hydrogen-bond acceptors (Lipinski definition) is 3. The highest BCUT2D eigenvalue weighted by atomic mass is 16.3. The van der Waals surface area contributed by atoms with Crippen molar-refractivity contribution in [1.82, 2.24) is 5.32 Å². The van der Waals surface area contributed by atoms with Crippen LogP contribution in [0.25, 0.3) is 0 Å². The molecule has 0 aromatic heterocycles. The van der Waals surface area contributed by atoms with Crippen molar-refractivity contribution in [1.29, 1.82) is 0 Å². The van der Waals surface area contributed by atoms with E-state index in [0.29, 0.717) is 0 Å². The van der Waals surface area contributed by atoms with E-state index in [0.717, 1.165) is 6.42 Å². The fraction of sp³-hybridized carbons (Fsp3) is 0.889. The smallest absolute Gasteiger partial charge is 0.0890 e. The van der Waals surface area contributed by atoms with E-state index >= 15 is 0 Å². The average Bonchev–Trinajstić information content (AvgIpc) is 3.28. The van der Waals surface area contributed by atoms with Gasteiger partial charge in [0.15, 0.2) is 0 Å². The summed E-state index contributed by atoms with van der Waals surface area (Å²) in [5.41, 5.74) is 0. The van der Waals surface area contributed by atoms with Gasteiger partial charge in [-0.1, -0.05) is 76.9 Å². The van der Waals surface area contributed by atoms with Gasteiger partial charge in [0.05, 0.1) is 18.8 Å². The summed E-state index contributed by atoms with van der Waals surface area (Å²) in [6.45, 7) is 2.38. The molecule has 1 saturated heterocycles. The second kappa shape index (κ2) is 12.2. The molecular formula is C18H35NO2. The third-order valence-electron chi connectivity index (χ3n) is 4.35. The lowest BCUT2D eigenvalue weighted by atomic mass is 10.1. The molecule has 1 heterocycles. The van der Waals surface area contributed by atoms with Crippen LogP contribution in [0.4, 0.5) is 0 Å². The third-order valence-corrected chi connectivity index (χ3v) is 4.35. The lowest BCUT2D eigenvalue weighted by Gasteiger charge is -2.02. The molecule has 1 aliphatic rings. The van der Waals surface area contributed by atoms with Crippen LogP contribution in [0, 0.1) is 0 Å². The van der Waals surface area contributed by atoms with Gasteiger partial charge in [-0.2, -0.15) is 0 Å². The van der Waals surface area contributed by atoms with Crippen LogP contribution in [0.1, 0.15) is 77.6 Å². The molecular weight excluding hydrogens is 262 g/mol. The summed E-state index contributed by atoms with van der Waals surface area (Å²) in [5.74, 6) is 0. The van der Waals surface area contributed by atoms with Crippen molar-refractivity contribution >= 4 is 0 Å². The zero-order valence-corrected chi connectivity index (χ0v) is 13.8. The van der Waals surface area contributed by atoms with Crippen molar-refractivity contribution in [2.45, 2.75) is 95.7 Å². The number of aliphatic hydroxyl groups excluding tert-OH is 2. The van der Waals surface area contributed by atoms with Crippen LogP contribution < -0.4 is 5.32 Å². The molecule has 3 N–H and O–H groups in total. The van der Waals surface area contributed by atoms with Gasteiger partial charge >= 0.3 is 0 Å². The molecule has 0 unspecified atom stereocenters. The molecule has 0 bridgehead atoms. The van der Waals surface area contributed by atoms with Gasteiger partial charge in [0.2, 0.25) is 0 Å². The van der Waals surface area contributed by atoms with Gasteiger partial charge in [-0.05, 0) is 12.8 Å². The van der Waals surface area contributed by atoms with Crippen molar-refractivity contribution in [2.24, 2.45) is 0 Å². The number of nitrogens with one attached hydrogen (secondary N) is 1. The van der Waals surface area contributed by atoms with Crippen LogP contribution in [-0.2, 0) is 0 Å². The van der Waals surface area contributed by atoms with Crippen LogP contribution in [0.5, 0.6) is 0 Å². The van der Waals surface area contributed by atoms with Crippen molar-refractivity contribution in [3.63, 3.8) is 0 Å². The third kappa shape index (κ3) is 9.28. The summed E-state index contributed by atoms with van der Waals surface area (Å²) >= 11 is 0. The van der Waals surface area contributed by atoms with Crippen molar-refractivity contribution in [3.05, 3.63) is 12.2 Å². The molecule has 3 atom stereocenters. The summed E-state index contributed by atoms with van der Waals surface area (Å²) in [5, 5.41) is 21.8. The zero-order chi connectivity index (χ0) is 15.3. The van der Waals surface area contributed by atoms with E-state index in [1.54, 1.807) is 0 Å². The predicted octanol–water partition coefficient (Wildman–Crippen LogP) is 3.55. The topological polar surface area (TPSA) is 62.4 Å². The van der Waals surface area contributed by atoms with E-state index in [9.17, 15) is 5.11 Å². The van der Waals surface area contributed by atoms with Crippen LogP contribution in [-0.4, -0.2) is 35.0 Å². The summed E-state index contributed by atoms with van der Waals surface area (Å²) in [7, 11) is 0. The number of allylic oxidation sites excluding steroid dienone is 1. The summed E-state index contributed by atoms with van der Waals surface area (Å²) in [4.78, 5) is 0. The van der Waals surface area contributed by atoms with E-state index in [1.165, 1.54) is 64.2 Å². The molecule has 3 nitrogen and oxygen atoms in total. The maximum Gasteiger partial charge on any atom is 0.0890 e. The molecule has 0 aromatic rings. The van der Waals surface area contributed by atoms with E-state index in [4.69, 9.17) is 5.11 Å². The Hall–Kier alpha value is -0.380. The Kier molecular flexibility index (Phi) is 10.8. The van der Waals surface area contributed by atoms with E-state index < -0.39 is 6.10 Å². The second-order valence-corrected chi connectivity index (χ2v) is 6.37. The van der Waals surface area contributed by atoms with Crippen molar-refractivity contribution < 1.29 is 10.2 Å². The molecule has 21 heavy (non-hydrogen) atoms. The van der Waals surface area contributed by atoms with Gasteiger partial charge in [-0.15, -0.1) is 0 Å². The lowest BCUT2D eigenvalue weighted by molar-refractivity contribution is 0.210. The van der Waals surface area contributed by atoms with Gasteiger partial charge in [-0.25, -0.2) is 0 Å². The predicted molar refractivity (Wildman–Crippen MR) is 89.4 cm³/mol. The minimum absolute atomic E-state index is 0.0685. The molecule has 1 aliphatic heterocycles. The fourth-order valence-corrected chi connectivity index (χ4v) is 2.80. The quantitative estimate of drug-likeness (QED) is 0.261. The van der Waals surface area contributed by atoms with E-state index in [-0.39, 0.29) is 18.7 Å². The molecule has 3 heteroatoms. The van der Waals surface area contributed by atoms with Crippen molar-refractivity contribution in [3.8, 4) is 0 Å². The normalized spacial score (nSPS) is 22.8. The highest BCUT2D eigenvalue weighted by Gasteiger charge is 2.39. The highest BCUT2D eigenvalue weighted by molar-refractivity contribution is 5.09. The number of aliphatic hydroxyl groups is 2. The van der Waals surface area contributed by atoms with Crippen molar-refractivity contribution in [2.75, 3.05) is 6.61 Å². The molecule has 0 spiro atoms. The molecule has 1 fully saturated rings. The molecule has 0 aromatic carbocycles. The Balaban J connectivity index is 1.80. The SMILES string of the molecule is CCCCCCCCCCCC/C=C/[C@@H](O)[C@@H]1N[C@@H]1CO. The first-order valence-electron chi connectivity index (χ1n) is 9.01. The van der Waals surface area contributed by atoms with Gasteiger partial charge in [0.25, 0.3) is 0 Å². The minimum atomic E-state index is -0.440. The molecule has 0 saturated carbocycles. The zero-order valence-electron chi connectivity index (χ0n) is 13.8. The first kappa shape index (κ1) is 18.7. The monoisotopic (exact) mass is 297 g/mol. The summed E-state index contributed by atoms with van der Waals surface area (Å²) in [6, 6.07) is 0.168. The first-order valence-corrected chi connectivity index (χ1v) is 9.01. The Bertz CT molecular complexity index is 268. The summed E-state index contributed by atoms with van der Waals surface area (Å²) in [6.07, 6.45) is 18.2. The second-order valence-electron chi connectivity index (χ2n) is 6.37. The number of rotatable bonds is 14. The molecule has 0 amide bonds. The van der Waals surface area contributed by atoms with Gasteiger partial charge in [-0.3, -0.25) is 0 Å². The lowest BCUT2D eigenvalue weighted by Crippen LogP contribution is -2.15. The maximum absolute atomic E-state index is 9.79. The Morgan fingerprint density at radius 2 is 1.52 bits per heavy atom. The van der Waals surface area contributed by atoms with Gasteiger partial charge in [0, 0.05) is 6.04 Å². The average molecular weight is 297 g/mol. The Labute approximate surface area is 130 Å². The Morgan fingerprint density at radius 3 is 2.05 bits per heavy atom. The molecule has 1 rings (SSSR count). The van der Waals surface area contributed by atoms with Crippen LogP contribution >= 0.6 is 0 Å². The molecule has 0 aliphatic carbocycles. The van der Waals surface area contributed by atoms with E-state index in [1.807, 2.05) is 6.08 Å². The standard InChI is InChI=1S/C18H35NO2/c1-2-3-4-5-6-7-8-9-10-11-12-13-14-17(21)18-16(15-20)19-18/h13-14,16-21H,2-12,15H2,1H3/b14-13+/t16-,17-,18-/m1/s1. The largest absolute Gasteiger partial charge is 0.395 e. The number of hydrogen-bond donors (Lipinski definition) is 3. The maximum atomic E-state index is 9.79. The highest BCUT2D eigenvalue weighted by Crippen LogP contribution is 2.16. The summed E-state index contributed by atoms with van der Waals surface area (Å²) < 4.78 is 0. The van der Waals surface area contributed by atoms with E-state index in [2.05, 4.69) is 18.3 Å². The number of unbranched alkanes of at least 4 members (excludes halogenated alkanes) is 10. The molecule has 124 valence electrons. The van der Waals surface area contributed by atoms with Crippen LogP contribution in [0.15, 0.2) is 12.2 Å². The van der Waals surface area contributed by atoms with Crippen LogP contribution in [0.2, 0.25) is 0 Å². The van der Waals surface area contributed by atoms with Crippen LogP contribution in [0.3, 0.4) is 0 Å². The fourth-order valence-electron chi connectivity index (χ4n) is 2.80. The van der Waals surface area contributed by atoms with Gasteiger partial charge < -0.3 is 15.5 Å². The molecule has 0 radical (unpaired) electrons. The Morgan fingerprint density at radius 1 is 0.952 bits per heavy atom. The minimum Gasteiger partial charge on any atom is -0.395 e.